The number of carboxylic acid groups (broad SMARTS) is 1. The first-order valence-electron chi connectivity index (χ1n) is 14.3. The van der Waals surface area contributed by atoms with Crippen LogP contribution in [0.1, 0.15) is 62.3 Å². The van der Waals surface area contributed by atoms with Crippen molar-refractivity contribution in [2.45, 2.75) is 57.5 Å². The number of H-pyrrole nitrogens is 1. The summed E-state index contributed by atoms with van der Waals surface area (Å²) in [7, 11) is 0. The van der Waals surface area contributed by atoms with Crippen molar-refractivity contribution in [3.63, 3.8) is 0 Å². The standard InChI is InChI=1S/C30H34N8O4/c1-17-12-20(37-11-10-29(4,16-37)19-8-6-5-7-9-19)14-38-23(17)32-24(36-38)30-13-18(15-42-30)21(30)22-31-27(35-34-22)33-25(39)28(2,3)26(40)41/h5-9,12,14,18,21H,10-11,13,15-16H2,1-4H3,(H,40,41)(H2,31,33,34,35,39)/t18?,21?,29-,30?/m0/s1. The number of ether oxygens (including phenoxy) is 1. The zero-order valence-corrected chi connectivity index (χ0v) is 24.1. The quantitative estimate of drug-likeness (QED) is 0.284. The van der Waals surface area contributed by atoms with Gasteiger partial charge in [0.2, 0.25) is 11.9 Å². The van der Waals surface area contributed by atoms with E-state index in [9.17, 15) is 14.7 Å². The highest BCUT2D eigenvalue weighted by Crippen LogP contribution is 2.63. The van der Waals surface area contributed by atoms with Crippen LogP contribution in [0, 0.1) is 18.3 Å². The number of carboxylic acids is 1. The first-order valence-corrected chi connectivity index (χ1v) is 14.3. The number of aromatic nitrogens is 6. The number of carbonyl (C=O) groups excluding carboxylic acids is 1. The van der Waals surface area contributed by atoms with Crippen molar-refractivity contribution in [1.82, 2.24) is 29.8 Å². The van der Waals surface area contributed by atoms with Crippen LogP contribution in [0.15, 0.2) is 42.6 Å². The number of carbonyl (C=O) groups is 2. The Hall–Kier alpha value is -4.32. The third-order valence-corrected chi connectivity index (χ3v) is 9.51. The van der Waals surface area contributed by atoms with Crippen molar-refractivity contribution >= 4 is 29.2 Å². The third kappa shape index (κ3) is 3.92. The van der Waals surface area contributed by atoms with E-state index in [4.69, 9.17) is 14.8 Å². The number of aliphatic carboxylic acids is 1. The zero-order valence-electron chi connectivity index (χ0n) is 24.1. The number of hydrogen-bond acceptors (Lipinski definition) is 8. The lowest BCUT2D eigenvalue weighted by atomic mass is 9.63. The van der Waals surface area contributed by atoms with Gasteiger partial charge in [-0.15, -0.1) is 10.2 Å². The number of pyridine rings is 1. The van der Waals surface area contributed by atoms with E-state index in [0.29, 0.717) is 18.3 Å². The lowest BCUT2D eigenvalue weighted by Gasteiger charge is -2.41. The maximum Gasteiger partial charge on any atom is 0.318 e. The number of aromatic amines is 1. The number of amides is 1. The van der Waals surface area contributed by atoms with Crippen molar-refractivity contribution in [2.75, 3.05) is 29.9 Å². The third-order valence-electron chi connectivity index (χ3n) is 9.51. The lowest BCUT2D eigenvalue weighted by Crippen LogP contribution is -2.44. The summed E-state index contributed by atoms with van der Waals surface area (Å²) in [6.45, 7) is 9.49. The van der Waals surface area contributed by atoms with Crippen LogP contribution in [0.25, 0.3) is 5.65 Å². The number of benzene rings is 1. The van der Waals surface area contributed by atoms with E-state index in [1.165, 1.54) is 19.4 Å². The fourth-order valence-corrected chi connectivity index (χ4v) is 6.72. The molecule has 3 aliphatic heterocycles. The summed E-state index contributed by atoms with van der Waals surface area (Å²) in [4.78, 5) is 35.8. The van der Waals surface area contributed by atoms with Crippen LogP contribution in [-0.2, 0) is 25.3 Å². The second-order valence-corrected chi connectivity index (χ2v) is 12.8. The topological polar surface area (TPSA) is 151 Å². The Bertz CT molecular complexity index is 1710. The van der Waals surface area contributed by atoms with Crippen LogP contribution < -0.4 is 10.2 Å². The van der Waals surface area contributed by atoms with E-state index in [-0.39, 0.29) is 23.2 Å². The largest absolute Gasteiger partial charge is 0.480 e. The van der Waals surface area contributed by atoms with Gasteiger partial charge in [-0.1, -0.05) is 37.3 Å². The van der Waals surface area contributed by atoms with E-state index in [1.807, 2.05) is 4.52 Å². The highest BCUT2D eigenvalue weighted by molar-refractivity contribution is 6.06. The Morgan fingerprint density at radius 1 is 1.21 bits per heavy atom. The molecule has 8 rings (SSSR count). The molecule has 1 saturated carbocycles. The molecule has 0 spiro atoms. The number of fused-ring (bicyclic) bond motifs is 2. The van der Waals surface area contributed by atoms with Gasteiger partial charge in [0.1, 0.15) is 16.8 Å². The van der Waals surface area contributed by atoms with Crippen LogP contribution in [-0.4, -0.2) is 66.5 Å². The first kappa shape index (κ1) is 26.6. The smallest absolute Gasteiger partial charge is 0.318 e. The normalized spacial score (nSPS) is 26.9. The average Bonchev–Trinajstić information content (AvgIpc) is 3.77. The molecule has 12 heteroatoms. The summed E-state index contributed by atoms with van der Waals surface area (Å²) >= 11 is 0. The molecule has 1 aromatic carbocycles. The number of aryl methyl sites for hydroxylation is 1. The van der Waals surface area contributed by atoms with Crippen LogP contribution in [0.2, 0.25) is 0 Å². The molecule has 0 radical (unpaired) electrons. The fraction of sp³-hybridized carbons (Fsp3) is 0.467. The summed E-state index contributed by atoms with van der Waals surface area (Å²) in [6, 6.07) is 12.9. The second kappa shape index (κ2) is 9.09. The van der Waals surface area contributed by atoms with E-state index in [0.717, 1.165) is 42.8 Å². The van der Waals surface area contributed by atoms with Gasteiger partial charge in [-0.2, -0.15) is 4.98 Å². The van der Waals surface area contributed by atoms with Crippen LogP contribution in [0.5, 0.6) is 0 Å². The SMILES string of the molecule is Cc1cc(N2CC[C@](C)(c3ccccc3)C2)cn2nc(C34CC(CO3)C4c3nc(NC(=O)C(C)(C)C(=O)O)n[nH]3)nc12. The van der Waals surface area contributed by atoms with Crippen LogP contribution >= 0.6 is 0 Å². The lowest BCUT2D eigenvalue weighted by molar-refractivity contribution is -0.151. The van der Waals surface area contributed by atoms with Crippen LogP contribution in [0.3, 0.4) is 0 Å². The summed E-state index contributed by atoms with van der Waals surface area (Å²) in [5, 5.41) is 23.9. The molecule has 4 atom stereocenters. The molecule has 12 nitrogen and oxygen atoms in total. The fourth-order valence-electron chi connectivity index (χ4n) is 6.72. The molecule has 1 amide bonds. The average molecular weight is 571 g/mol. The zero-order chi connectivity index (χ0) is 29.4. The van der Waals surface area contributed by atoms with Gasteiger partial charge in [0.25, 0.3) is 0 Å². The maximum absolute atomic E-state index is 12.5. The summed E-state index contributed by atoms with van der Waals surface area (Å²) in [6.07, 6.45) is 3.89. The predicted molar refractivity (Wildman–Crippen MR) is 153 cm³/mol. The van der Waals surface area contributed by atoms with Gasteiger partial charge in [0.05, 0.1) is 24.4 Å². The van der Waals surface area contributed by atoms with E-state index in [2.05, 4.69) is 81.8 Å². The number of anilines is 2. The number of rotatable bonds is 7. The molecule has 3 saturated heterocycles. The highest BCUT2D eigenvalue weighted by atomic mass is 16.5. The number of nitrogens with one attached hydrogen (secondary N) is 2. The Labute approximate surface area is 242 Å². The second-order valence-electron chi connectivity index (χ2n) is 12.8. The molecule has 3 unspecified atom stereocenters. The minimum atomic E-state index is -1.62. The molecule has 3 N–H and O–H groups in total. The Morgan fingerprint density at radius 3 is 2.74 bits per heavy atom. The molecule has 4 aliphatic rings. The Kier molecular flexibility index (Phi) is 5.75. The maximum atomic E-state index is 12.5. The van der Waals surface area contributed by atoms with Crippen molar-refractivity contribution < 1.29 is 19.4 Å². The monoisotopic (exact) mass is 570 g/mol. The molecular weight excluding hydrogens is 536 g/mol. The van der Waals surface area contributed by atoms with Crippen molar-refractivity contribution in [3.8, 4) is 0 Å². The molecule has 42 heavy (non-hydrogen) atoms. The molecule has 4 aromatic rings. The summed E-state index contributed by atoms with van der Waals surface area (Å²) < 4.78 is 8.18. The number of nitrogens with zero attached hydrogens (tertiary/aromatic N) is 6. The van der Waals surface area contributed by atoms with Gasteiger partial charge in [-0.05, 0) is 56.7 Å². The van der Waals surface area contributed by atoms with E-state index in [1.54, 1.807) is 0 Å². The van der Waals surface area contributed by atoms with Crippen molar-refractivity contribution in [3.05, 3.63) is 65.4 Å². The minimum Gasteiger partial charge on any atom is -0.480 e. The first-order chi connectivity index (χ1) is 20.0. The molecule has 3 aromatic heterocycles. The van der Waals surface area contributed by atoms with Gasteiger partial charge in [-0.25, -0.2) is 9.50 Å². The van der Waals surface area contributed by atoms with Gasteiger partial charge in [0, 0.05) is 18.5 Å². The minimum absolute atomic E-state index is 0.0299. The summed E-state index contributed by atoms with van der Waals surface area (Å²) in [5.41, 5.74) is 2.01. The van der Waals surface area contributed by atoms with Gasteiger partial charge in [0.15, 0.2) is 11.5 Å². The van der Waals surface area contributed by atoms with Crippen molar-refractivity contribution in [2.24, 2.45) is 11.3 Å². The molecule has 6 heterocycles. The van der Waals surface area contributed by atoms with E-state index >= 15 is 0 Å². The number of hydrogen-bond donors (Lipinski definition) is 3. The van der Waals surface area contributed by atoms with E-state index < -0.39 is 22.9 Å². The van der Waals surface area contributed by atoms with Gasteiger partial charge >= 0.3 is 5.97 Å². The summed E-state index contributed by atoms with van der Waals surface area (Å²) in [5.74, 6) is -0.690. The van der Waals surface area contributed by atoms with Gasteiger partial charge in [-0.3, -0.25) is 20.0 Å². The molecule has 1 aliphatic carbocycles. The highest BCUT2D eigenvalue weighted by Gasteiger charge is 2.66. The molecule has 218 valence electrons. The van der Waals surface area contributed by atoms with Crippen LogP contribution in [0.4, 0.5) is 11.6 Å². The van der Waals surface area contributed by atoms with Gasteiger partial charge < -0.3 is 14.7 Å². The molecule has 4 fully saturated rings. The Morgan fingerprint density at radius 2 is 2.00 bits per heavy atom. The predicted octanol–water partition coefficient (Wildman–Crippen LogP) is 3.40. The molecule has 2 bridgehead atoms. The Balaban J connectivity index is 1.14. The molecular formula is C30H34N8O4. The van der Waals surface area contributed by atoms with Crippen molar-refractivity contribution in [1.29, 1.82) is 0 Å².